The SMILES string of the molecule is COc1ccccc1N1CCN([C@H](C(=O)O)c2c[nH]c3cc(NC(=O)C(C)C)ccc23)CC1. The van der Waals surface area contributed by atoms with E-state index in [1.54, 1.807) is 13.3 Å². The van der Waals surface area contributed by atoms with Gasteiger partial charge in [-0.05, 0) is 24.3 Å². The van der Waals surface area contributed by atoms with Crippen LogP contribution in [0.2, 0.25) is 0 Å². The van der Waals surface area contributed by atoms with Crippen LogP contribution in [0.15, 0.2) is 48.7 Å². The number of carboxylic acid groups (broad SMARTS) is 1. The van der Waals surface area contributed by atoms with Crippen molar-refractivity contribution in [2.45, 2.75) is 19.9 Å². The van der Waals surface area contributed by atoms with Crippen LogP contribution in [-0.4, -0.2) is 60.2 Å². The smallest absolute Gasteiger partial charge is 0.325 e. The predicted molar refractivity (Wildman–Crippen MR) is 129 cm³/mol. The Hall–Kier alpha value is -3.52. The summed E-state index contributed by atoms with van der Waals surface area (Å²) in [5.74, 6) is -0.236. The molecule has 8 nitrogen and oxygen atoms in total. The fourth-order valence-electron chi connectivity index (χ4n) is 4.34. The van der Waals surface area contributed by atoms with Gasteiger partial charge in [-0.1, -0.05) is 32.0 Å². The van der Waals surface area contributed by atoms with Crippen molar-refractivity contribution in [3.8, 4) is 5.75 Å². The van der Waals surface area contributed by atoms with Crippen molar-refractivity contribution in [3.63, 3.8) is 0 Å². The van der Waals surface area contributed by atoms with Crippen molar-refractivity contribution < 1.29 is 19.4 Å². The number of carboxylic acids is 1. The molecule has 1 aliphatic rings. The molecular formula is C25H30N4O4. The molecule has 1 amide bonds. The van der Waals surface area contributed by atoms with Crippen molar-refractivity contribution in [1.29, 1.82) is 0 Å². The lowest BCUT2D eigenvalue weighted by Gasteiger charge is -2.39. The number of aliphatic carboxylic acids is 1. The summed E-state index contributed by atoms with van der Waals surface area (Å²) in [7, 11) is 1.66. The van der Waals surface area contributed by atoms with E-state index in [2.05, 4.69) is 15.2 Å². The van der Waals surface area contributed by atoms with E-state index in [1.165, 1.54) is 0 Å². The summed E-state index contributed by atoms with van der Waals surface area (Å²) in [4.78, 5) is 31.8. The van der Waals surface area contributed by atoms with E-state index in [1.807, 2.05) is 61.2 Å². The number of para-hydroxylation sites is 2. The third-order valence-electron chi connectivity index (χ3n) is 6.14. The van der Waals surface area contributed by atoms with Crippen LogP contribution in [0.3, 0.4) is 0 Å². The number of hydrogen-bond acceptors (Lipinski definition) is 5. The number of aromatic amines is 1. The molecule has 0 radical (unpaired) electrons. The molecule has 1 atom stereocenters. The van der Waals surface area contributed by atoms with Crippen molar-refractivity contribution >= 4 is 34.2 Å². The van der Waals surface area contributed by atoms with Gasteiger partial charge in [0, 0.05) is 60.4 Å². The maximum Gasteiger partial charge on any atom is 0.325 e. The minimum atomic E-state index is -0.876. The zero-order chi connectivity index (χ0) is 23.5. The molecule has 2 aromatic carbocycles. The molecule has 0 unspecified atom stereocenters. The molecule has 0 saturated carbocycles. The topological polar surface area (TPSA) is 97.9 Å². The molecule has 1 aromatic heterocycles. The van der Waals surface area contributed by atoms with Crippen LogP contribution < -0.4 is 15.0 Å². The summed E-state index contributed by atoms with van der Waals surface area (Å²) >= 11 is 0. The lowest BCUT2D eigenvalue weighted by atomic mass is 10.0. The largest absolute Gasteiger partial charge is 0.495 e. The van der Waals surface area contributed by atoms with E-state index >= 15 is 0 Å². The Labute approximate surface area is 193 Å². The molecule has 0 aliphatic carbocycles. The third-order valence-corrected chi connectivity index (χ3v) is 6.14. The number of nitrogens with zero attached hydrogens (tertiary/aromatic N) is 2. The van der Waals surface area contributed by atoms with E-state index in [9.17, 15) is 14.7 Å². The van der Waals surface area contributed by atoms with Crippen LogP contribution in [-0.2, 0) is 9.59 Å². The molecule has 0 bridgehead atoms. The Morgan fingerprint density at radius 3 is 2.48 bits per heavy atom. The lowest BCUT2D eigenvalue weighted by Crippen LogP contribution is -2.49. The lowest BCUT2D eigenvalue weighted by molar-refractivity contribution is -0.143. The van der Waals surface area contributed by atoms with Gasteiger partial charge in [-0.15, -0.1) is 0 Å². The van der Waals surface area contributed by atoms with Gasteiger partial charge >= 0.3 is 5.97 Å². The second-order valence-corrected chi connectivity index (χ2v) is 8.58. The van der Waals surface area contributed by atoms with Gasteiger partial charge in [0.1, 0.15) is 11.8 Å². The third kappa shape index (κ3) is 4.66. The number of carbonyl (C=O) groups is 2. The summed E-state index contributed by atoms with van der Waals surface area (Å²) in [5.41, 5.74) is 3.23. The average Bonchev–Trinajstić information content (AvgIpc) is 3.22. The van der Waals surface area contributed by atoms with Gasteiger partial charge in [0.25, 0.3) is 0 Å². The Balaban J connectivity index is 1.53. The van der Waals surface area contributed by atoms with Gasteiger partial charge in [0.15, 0.2) is 0 Å². The number of amides is 1. The van der Waals surface area contributed by atoms with Crippen LogP contribution in [0.25, 0.3) is 10.9 Å². The highest BCUT2D eigenvalue weighted by molar-refractivity contribution is 5.96. The Kier molecular flexibility index (Phi) is 6.55. The van der Waals surface area contributed by atoms with Crippen molar-refractivity contribution in [3.05, 3.63) is 54.2 Å². The summed E-state index contributed by atoms with van der Waals surface area (Å²) < 4.78 is 5.49. The average molecular weight is 451 g/mol. The predicted octanol–water partition coefficient (Wildman–Crippen LogP) is 3.72. The summed E-state index contributed by atoms with van der Waals surface area (Å²) in [6.45, 7) is 6.32. The van der Waals surface area contributed by atoms with Crippen molar-refractivity contribution in [2.75, 3.05) is 43.5 Å². The van der Waals surface area contributed by atoms with Gasteiger partial charge in [-0.3, -0.25) is 14.5 Å². The van der Waals surface area contributed by atoms with Crippen molar-refractivity contribution in [1.82, 2.24) is 9.88 Å². The number of ether oxygens (including phenoxy) is 1. The highest BCUT2D eigenvalue weighted by atomic mass is 16.5. The monoisotopic (exact) mass is 450 g/mol. The maximum atomic E-state index is 12.3. The van der Waals surface area contributed by atoms with Crippen LogP contribution in [0.4, 0.5) is 11.4 Å². The molecule has 174 valence electrons. The first kappa shape index (κ1) is 22.7. The van der Waals surface area contributed by atoms with E-state index < -0.39 is 12.0 Å². The minimum Gasteiger partial charge on any atom is -0.495 e. The van der Waals surface area contributed by atoms with Crippen LogP contribution in [0.1, 0.15) is 25.5 Å². The van der Waals surface area contributed by atoms with E-state index in [4.69, 9.17) is 4.74 Å². The summed E-state index contributed by atoms with van der Waals surface area (Å²) in [5, 5.41) is 13.8. The number of fused-ring (bicyclic) bond motifs is 1. The first-order valence-corrected chi connectivity index (χ1v) is 11.2. The zero-order valence-electron chi connectivity index (χ0n) is 19.2. The van der Waals surface area contributed by atoms with Crippen LogP contribution >= 0.6 is 0 Å². The van der Waals surface area contributed by atoms with E-state index in [0.29, 0.717) is 31.9 Å². The zero-order valence-corrected chi connectivity index (χ0v) is 19.2. The summed E-state index contributed by atoms with van der Waals surface area (Å²) in [6.07, 6.45) is 1.77. The number of piperazine rings is 1. The molecule has 1 saturated heterocycles. The minimum absolute atomic E-state index is 0.0579. The van der Waals surface area contributed by atoms with Crippen LogP contribution in [0.5, 0.6) is 5.75 Å². The molecule has 8 heteroatoms. The van der Waals surface area contributed by atoms with Gasteiger partial charge in [-0.25, -0.2) is 0 Å². The number of benzene rings is 2. The number of nitrogens with one attached hydrogen (secondary N) is 2. The second kappa shape index (κ2) is 9.54. The molecule has 1 fully saturated rings. The Bertz CT molecular complexity index is 1150. The molecule has 4 rings (SSSR count). The molecule has 1 aliphatic heterocycles. The first-order chi connectivity index (χ1) is 15.9. The highest BCUT2D eigenvalue weighted by Crippen LogP contribution is 2.33. The van der Waals surface area contributed by atoms with Crippen LogP contribution in [0, 0.1) is 5.92 Å². The molecule has 2 heterocycles. The fourth-order valence-corrected chi connectivity index (χ4v) is 4.34. The quantitative estimate of drug-likeness (QED) is 0.508. The number of anilines is 2. The van der Waals surface area contributed by atoms with Gasteiger partial charge in [0.2, 0.25) is 5.91 Å². The van der Waals surface area contributed by atoms with Gasteiger partial charge in [0.05, 0.1) is 12.8 Å². The molecule has 3 N–H and O–H groups in total. The molecule has 3 aromatic rings. The Morgan fingerprint density at radius 1 is 1.09 bits per heavy atom. The van der Waals surface area contributed by atoms with Gasteiger partial charge in [-0.2, -0.15) is 0 Å². The number of carbonyl (C=O) groups excluding carboxylic acids is 1. The van der Waals surface area contributed by atoms with E-state index in [-0.39, 0.29) is 11.8 Å². The number of rotatable bonds is 7. The highest BCUT2D eigenvalue weighted by Gasteiger charge is 2.32. The first-order valence-electron chi connectivity index (χ1n) is 11.2. The van der Waals surface area contributed by atoms with E-state index in [0.717, 1.165) is 27.9 Å². The molecular weight excluding hydrogens is 420 g/mol. The number of methoxy groups -OCH3 is 1. The second-order valence-electron chi connectivity index (χ2n) is 8.58. The fraction of sp³-hybridized carbons (Fsp3) is 0.360. The molecule has 33 heavy (non-hydrogen) atoms. The summed E-state index contributed by atoms with van der Waals surface area (Å²) in [6, 6.07) is 12.7. The standard InChI is InChI=1S/C25H30N4O4/c1-16(2)24(30)27-17-8-9-18-19(15-26-20(18)14-17)23(25(31)32)29-12-10-28(11-13-29)21-6-4-5-7-22(21)33-3/h4-9,14-16,23,26H,10-13H2,1-3H3,(H,27,30)(H,31,32)/t23-/m0/s1. The number of hydrogen-bond donors (Lipinski definition) is 3. The Morgan fingerprint density at radius 2 is 1.82 bits per heavy atom. The van der Waals surface area contributed by atoms with Gasteiger partial charge < -0.3 is 25.0 Å². The number of aromatic nitrogens is 1. The molecule has 0 spiro atoms. The van der Waals surface area contributed by atoms with Crippen molar-refractivity contribution in [2.24, 2.45) is 5.92 Å². The number of H-pyrrole nitrogens is 1. The maximum absolute atomic E-state index is 12.3. The normalized spacial score (nSPS) is 15.6.